The number of halogens is 4. The Balaban J connectivity index is 1.35. The molecule has 1 aliphatic carbocycles. The molecule has 3 saturated heterocycles. The van der Waals surface area contributed by atoms with Gasteiger partial charge in [-0.25, -0.2) is 12.8 Å². The number of aliphatic hydroxyl groups is 1. The molecule has 34 heavy (non-hydrogen) atoms. The Hall–Kier alpha value is -0.570. The summed E-state index contributed by atoms with van der Waals surface area (Å²) < 4.78 is 83.9. The Morgan fingerprint density at radius 1 is 1.12 bits per heavy atom. The highest BCUT2D eigenvalue weighted by molar-refractivity contribution is 7.91. The molecule has 0 bridgehead atoms. The lowest BCUT2D eigenvalue weighted by atomic mass is 9.77. The van der Waals surface area contributed by atoms with Crippen molar-refractivity contribution < 1.29 is 35.8 Å². The third-order valence-electron chi connectivity index (χ3n) is 8.01. The van der Waals surface area contributed by atoms with Crippen molar-refractivity contribution in [1.82, 2.24) is 20.9 Å². The molecule has 0 aromatic carbocycles. The predicted molar refractivity (Wildman–Crippen MR) is 117 cm³/mol. The number of ether oxygens (including phenoxy) is 1. The quantitative estimate of drug-likeness (QED) is 0.397. The lowest BCUT2D eigenvalue weighted by molar-refractivity contribution is -0.187. The van der Waals surface area contributed by atoms with Gasteiger partial charge in [0.1, 0.15) is 0 Å². The number of sulfone groups is 1. The van der Waals surface area contributed by atoms with E-state index in [2.05, 4.69) is 16.0 Å². The van der Waals surface area contributed by atoms with Crippen LogP contribution in [-0.4, -0.2) is 99.2 Å². The Labute approximate surface area is 198 Å². The monoisotopic (exact) mass is 516 g/mol. The molecule has 1 saturated carbocycles. The van der Waals surface area contributed by atoms with Gasteiger partial charge in [0.2, 0.25) is 0 Å². The van der Waals surface area contributed by atoms with Crippen LogP contribution in [0.5, 0.6) is 0 Å². The molecular formula is C21H36F4N4O4S. The molecule has 3 heterocycles. The van der Waals surface area contributed by atoms with E-state index >= 15 is 4.39 Å². The van der Waals surface area contributed by atoms with Crippen molar-refractivity contribution in [3.8, 4) is 0 Å². The van der Waals surface area contributed by atoms with Gasteiger partial charge in [-0.05, 0) is 44.4 Å². The average Bonchev–Trinajstić information content (AvgIpc) is 2.80. The van der Waals surface area contributed by atoms with Gasteiger partial charge in [0.15, 0.2) is 16.0 Å². The Bertz CT molecular complexity index is 780. The fourth-order valence-corrected chi connectivity index (χ4v) is 7.37. The van der Waals surface area contributed by atoms with Gasteiger partial charge >= 0.3 is 6.18 Å². The van der Waals surface area contributed by atoms with E-state index < -0.39 is 46.0 Å². The maximum atomic E-state index is 15.7. The first-order valence-electron chi connectivity index (χ1n) is 12.1. The van der Waals surface area contributed by atoms with Crippen LogP contribution in [-0.2, 0) is 14.6 Å². The first-order chi connectivity index (χ1) is 16.0. The molecule has 198 valence electrons. The molecule has 0 aromatic rings. The van der Waals surface area contributed by atoms with Crippen molar-refractivity contribution >= 4 is 9.84 Å². The number of nitrogens with zero attached hydrogens (tertiary/aromatic N) is 1. The second-order valence-electron chi connectivity index (χ2n) is 10.2. The second kappa shape index (κ2) is 10.4. The molecular weight excluding hydrogens is 480 g/mol. The van der Waals surface area contributed by atoms with Crippen LogP contribution in [0.4, 0.5) is 17.6 Å². The molecule has 4 atom stereocenters. The molecule has 0 aromatic heterocycles. The van der Waals surface area contributed by atoms with Gasteiger partial charge in [-0.2, -0.15) is 13.2 Å². The first kappa shape index (κ1) is 26.5. The molecule has 4 aliphatic rings. The van der Waals surface area contributed by atoms with Crippen molar-refractivity contribution in [2.75, 3.05) is 44.5 Å². The van der Waals surface area contributed by atoms with Gasteiger partial charge in [0.05, 0.1) is 48.6 Å². The normalized spacial score (nSPS) is 39.6. The van der Waals surface area contributed by atoms with Crippen LogP contribution in [0.25, 0.3) is 0 Å². The van der Waals surface area contributed by atoms with Gasteiger partial charge in [-0.3, -0.25) is 20.9 Å². The summed E-state index contributed by atoms with van der Waals surface area (Å²) >= 11 is 0. The minimum atomic E-state index is -4.17. The summed E-state index contributed by atoms with van der Waals surface area (Å²) in [5.41, 5.74) is -1.20. The summed E-state index contributed by atoms with van der Waals surface area (Å²) in [6, 6.07) is -0.162. The average molecular weight is 517 g/mol. The lowest BCUT2D eigenvalue weighted by Gasteiger charge is -2.49. The van der Waals surface area contributed by atoms with Crippen molar-refractivity contribution in [2.45, 2.75) is 74.8 Å². The zero-order chi connectivity index (χ0) is 24.6. The topological polar surface area (TPSA) is 103 Å². The van der Waals surface area contributed by atoms with E-state index in [9.17, 15) is 26.7 Å². The molecule has 4 N–H and O–H groups in total. The van der Waals surface area contributed by atoms with Crippen molar-refractivity contribution in [2.24, 2.45) is 11.8 Å². The summed E-state index contributed by atoms with van der Waals surface area (Å²) in [6.07, 6.45) is -5.67. The summed E-state index contributed by atoms with van der Waals surface area (Å²) in [6.45, 7) is 1.67. The summed E-state index contributed by atoms with van der Waals surface area (Å²) in [7, 11) is -3.13. The van der Waals surface area contributed by atoms with Gasteiger partial charge in [0, 0.05) is 25.8 Å². The summed E-state index contributed by atoms with van der Waals surface area (Å²) in [5, 5.41) is 19.9. The summed E-state index contributed by atoms with van der Waals surface area (Å²) in [5.74, 6) is -1.42. The molecule has 0 radical (unpaired) electrons. The zero-order valence-electron chi connectivity index (χ0n) is 19.2. The van der Waals surface area contributed by atoms with Crippen LogP contribution in [0, 0.1) is 11.8 Å². The molecule has 4 rings (SSSR count). The molecule has 3 aliphatic heterocycles. The zero-order valence-corrected chi connectivity index (χ0v) is 20.0. The third-order valence-corrected chi connectivity index (χ3v) is 9.66. The van der Waals surface area contributed by atoms with Gasteiger partial charge in [-0.15, -0.1) is 0 Å². The maximum Gasteiger partial charge on any atom is 0.391 e. The lowest BCUT2D eigenvalue weighted by Crippen LogP contribution is -2.72. The van der Waals surface area contributed by atoms with Crippen molar-refractivity contribution in [3.63, 3.8) is 0 Å². The van der Waals surface area contributed by atoms with Crippen LogP contribution in [0.1, 0.15) is 38.5 Å². The van der Waals surface area contributed by atoms with Crippen molar-refractivity contribution in [3.05, 3.63) is 0 Å². The number of nitrogens with one attached hydrogen (secondary N) is 3. The van der Waals surface area contributed by atoms with E-state index in [0.29, 0.717) is 39.3 Å². The Kier molecular flexibility index (Phi) is 8.12. The van der Waals surface area contributed by atoms with Gasteiger partial charge in [-0.1, -0.05) is 0 Å². The van der Waals surface area contributed by atoms with E-state index in [1.54, 1.807) is 0 Å². The molecule has 0 amide bonds. The molecule has 8 nitrogen and oxygen atoms in total. The standard InChI is InChI=1S/C21H36F4N4O4S/c22-17-18(26-12-20(30)5-9-34(31,32)10-6-20)27-13-28-19(17)29-7-8-33-11-16(29)14-1-3-15(4-2-14)21(23,24)25/h14-19,26-28,30H,1-13H2/t14?,15?,16-,17?,18?,19?/m1/s1. The van der Waals surface area contributed by atoms with Crippen LogP contribution in [0.2, 0.25) is 0 Å². The highest BCUT2D eigenvalue weighted by atomic mass is 32.2. The number of hydrogen-bond donors (Lipinski definition) is 4. The van der Waals surface area contributed by atoms with E-state index in [4.69, 9.17) is 4.74 Å². The van der Waals surface area contributed by atoms with E-state index in [-0.39, 0.29) is 55.7 Å². The highest BCUT2D eigenvalue weighted by Gasteiger charge is 2.47. The SMILES string of the molecule is O=S1(=O)CCC(O)(CNC2NCNC(N3CCOC[C@@H]3C3CCC(C(F)(F)F)CC3)C2F)CC1. The van der Waals surface area contributed by atoms with Crippen LogP contribution in [0.3, 0.4) is 0 Å². The largest absolute Gasteiger partial charge is 0.391 e. The fourth-order valence-electron chi connectivity index (χ4n) is 5.78. The predicted octanol–water partition coefficient (Wildman–Crippen LogP) is 0.726. The molecule has 0 spiro atoms. The molecule has 3 unspecified atom stereocenters. The number of morpholine rings is 1. The van der Waals surface area contributed by atoms with Gasteiger partial charge in [0.25, 0.3) is 0 Å². The smallest absolute Gasteiger partial charge is 0.388 e. The van der Waals surface area contributed by atoms with Crippen molar-refractivity contribution in [1.29, 1.82) is 0 Å². The third kappa shape index (κ3) is 6.22. The van der Waals surface area contributed by atoms with Crippen LogP contribution < -0.4 is 16.0 Å². The number of alkyl halides is 4. The number of rotatable bonds is 5. The second-order valence-corrected chi connectivity index (χ2v) is 12.5. The van der Waals surface area contributed by atoms with Crippen LogP contribution in [0.15, 0.2) is 0 Å². The summed E-state index contributed by atoms with van der Waals surface area (Å²) in [4.78, 5) is 2.00. The van der Waals surface area contributed by atoms with E-state index in [1.165, 1.54) is 0 Å². The Morgan fingerprint density at radius 2 is 1.79 bits per heavy atom. The van der Waals surface area contributed by atoms with E-state index in [0.717, 1.165) is 0 Å². The minimum absolute atomic E-state index is 0.0130. The highest BCUT2D eigenvalue weighted by Crippen LogP contribution is 2.42. The fraction of sp³-hybridized carbons (Fsp3) is 1.00. The minimum Gasteiger partial charge on any atom is -0.388 e. The van der Waals surface area contributed by atoms with Crippen LogP contribution >= 0.6 is 0 Å². The Morgan fingerprint density at radius 3 is 2.44 bits per heavy atom. The first-order valence-corrected chi connectivity index (χ1v) is 14.0. The molecule has 4 fully saturated rings. The van der Waals surface area contributed by atoms with E-state index in [1.807, 2.05) is 4.90 Å². The maximum absolute atomic E-state index is 15.7. The molecule has 13 heteroatoms. The number of hydrogen-bond acceptors (Lipinski definition) is 8. The van der Waals surface area contributed by atoms with Gasteiger partial charge < -0.3 is 9.84 Å².